The monoisotopic (exact) mass is 251 g/mol. The molecule has 0 aromatic heterocycles. The average Bonchev–Trinajstić information content (AvgIpc) is 3.10. The molecular weight excluding hydrogens is 238 g/mol. The predicted molar refractivity (Wildman–Crippen MR) is 61.7 cm³/mol. The number of methoxy groups -OCH3 is 1. The Hall–Kier alpha value is -2.24. The van der Waals surface area contributed by atoms with Crippen molar-refractivity contribution in [2.75, 3.05) is 7.11 Å². The summed E-state index contributed by atoms with van der Waals surface area (Å²) in [5, 5.41) is 21.0. The second-order valence-corrected chi connectivity index (χ2v) is 4.22. The molecule has 0 unspecified atom stereocenters. The number of ether oxygens (including phenoxy) is 1. The zero-order chi connectivity index (χ0) is 13.3. The minimum Gasteiger partial charge on any atom is -0.507 e. The van der Waals surface area contributed by atoms with Crippen LogP contribution in [0.1, 0.15) is 23.2 Å². The number of hydrogen-bond donors (Lipinski definition) is 3. The van der Waals surface area contributed by atoms with Gasteiger partial charge in [-0.05, 0) is 31.0 Å². The SMILES string of the molecule is COc1ccc(O)c(C(=O)NC2(C(=O)O)CC2)c1. The van der Waals surface area contributed by atoms with Crippen LogP contribution in [-0.2, 0) is 4.79 Å². The van der Waals surface area contributed by atoms with Gasteiger partial charge >= 0.3 is 5.97 Å². The number of rotatable bonds is 4. The molecule has 2 rings (SSSR count). The number of nitrogens with one attached hydrogen (secondary N) is 1. The third kappa shape index (κ3) is 2.09. The quantitative estimate of drug-likeness (QED) is 0.733. The predicted octanol–water partition coefficient (Wildman–Crippen LogP) is 0.748. The molecule has 1 aliphatic rings. The summed E-state index contributed by atoms with van der Waals surface area (Å²) in [4.78, 5) is 22.9. The minimum absolute atomic E-state index is 0.00174. The number of phenols is 1. The van der Waals surface area contributed by atoms with E-state index in [1.54, 1.807) is 0 Å². The Morgan fingerprint density at radius 3 is 2.56 bits per heavy atom. The number of carbonyl (C=O) groups excluding carboxylic acids is 1. The van der Waals surface area contributed by atoms with Crippen molar-refractivity contribution in [1.82, 2.24) is 5.32 Å². The van der Waals surface area contributed by atoms with Crippen LogP contribution in [0.3, 0.4) is 0 Å². The van der Waals surface area contributed by atoms with E-state index in [1.807, 2.05) is 0 Å². The van der Waals surface area contributed by atoms with Crippen molar-refractivity contribution in [3.05, 3.63) is 23.8 Å². The summed E-state index contributed by atoms with van der Waals surface area (Å²) in [6.45, 7) is 0. The molecule has 1 amide bonds. The molecule has 18 heavy (non-hydrogen) atoms. The lowest BCUT2D eigenvalue weighted by atomic mass is 10.1. The highest BCUT2D eigenvalue weighted by Crippen LogP contribution is 2.36. The van der Waals surface area contributed by atoms with Crippen LogP contribution in [0.25, 0.3) is 0 Å². The Kier molecular flexibility index (Phi) is 2.86. The summed E-state index contributed by atoms with van der Waals surface area (Å²) < 4.78 is 4.95. The molecule has 1 aromatic rings. The maximum absolute atomic E-state index is 11.9. The van der Waals surface area contributed by atoms with Gasteiger partial charge in [0.2, 0.25) is 0 Å². The van der Waals surface area contributed by atoms with Crippen LogP contribution < -0.4 is 10.1 Å². The smallest absolute Gasteiger partial charge is 0.329 e. The first-order valence-corrected chi connectivity index (χ1v) is 5.41. The maximum atomic E-state index is 11.9. The van der Waals surface area contributed by atoms with E-state index in [2.05, 4.69) is 5.32 Å². The summed E-state index contributed by atoms with van der Waals surface area (Å²) in [6.07, 6.45) is 0.803. The molecular formula is C12H13NO5. The number of amides is 1. The van der Waals surface area contributed by atoms with Crippen LogP contribution in [0.4, 0.5) is 0 Å². The third-order valence-corrected chi connectivity index (χ3v) is 2.96. The van der Waals surface area contributed by atoms with E-state index in [9.17, 15) is 14.7 Å². The number of aromatic hydroxyl groups is 1. The number of benzene rings is 1. The van der Waals surface area contributed by atoms with E-state index in [-0.39, 0.29) is 11.3 Å². The van der Waals surface area contributed by atoms with Crippen LogP contribution in [0.2, 0.25) is 0 Å². The first-order chi connectivity index (χ1) is 8.48. The van der Waals surface area contributed by atoms with E-state index in [1.165, 1.54) is 25.3 Å². The van der Waals surface area contributed by atoms with Gasteiger partial charge in [-0.15, -0.1) is 0 Å². The van der Waals surface area contributed by atoms with Crippen molar-refractivity contribution in [2.24, 2.45) is 0 Å². The largest absolute Gasteiger partial charge is 0.507 e. The minimum atomic E-state index is -1.17. The number of carboxylic acid groups (broad SMARTS) is 1. The van der Waals surface area contributed by atoms with Gasteiger partial charge in [-0.25, -0.2) is 4.79 Å². The Balaban J connectivity index is 2.21. The van der Waals surface area contributed by atoms with Gasteiger partial charge in [0.25, 0.3) is 5.91 Å². The van der Waals surface area contributed by atoms with Crippen molar-refractivity contribution in [3.8, 4) is 11.5 Å². The molecule has 1 aromatic carbocycles. The van der Waals surface area contributed by atoms with Gasteiger partial charge in [-0.2, -0.15) is 0 Å². The topological polar surface area (TPSA) is 95.9 Å². The van der Waals surface area contributed by atoms with Gasteiger partial charge in [0.05, 0.1) is 12.7 Å². The second-order valence-electron chi connectivity index (χ2n) is 4.22. The zero-order valence-electron chi connectivity index (χ0n) is 9.77. The van der Waals surface area contributed by atoms with Crippen LogP contribution in [0.5, 0.6) is 11.5 Å². The summed E-state index contributed by atoms with van der Waals surface area (Å²) in [7, 11) is 1.44. The van der Waals surface area contributed by atoms with Crippen molar-refractivity contribution in [3.63, 3.8) is 0 Å². The highest BCUT2D eigenvalue weighted by molar-refractivity contribution is 6.01. The zero-order valence-corrected chi connectivity index (χ0v) is 9.77. The highest BCUT2D eigenvalue weighted by Gasteiger charge is 2.51. The molecule has 0 spiro atoms. The van der Waals surface area contributed by atoms with Gasteiger partial charge in [0.1, 0.15) is 17.0 Å². The molecule has 0 bridgehead atoms. The fourth-order valence-corrected chi connectivity index (χ4v) is 1.63. The summed E-state index contributed by atoms with van der Waals surface area (Å²) in [5.74, 6) is -1.47. The number of phenolic OH excluding ortho intramolecular Hbond substituents is 1. The third-order valence-electron chi connectivity index (χ3n) is 2.96. The van der Waals surface area contributed by atoms with Crippen LogP contribution in [0, 0.1) is 0 Å². The van der Waals surface area contributed by atoms with Gasteiger partial charge in [-0.3, -0.25) is 4.79 Å². The Bertz CT molecular complexity index is 507. The lowest BCUT2D eigenvalue weighted by molar-refractivity contribution is -0.140. The van der Waals surface area contributed by atoms with Crippen molar-refractivity contribution < 1.29 is 24.5 Å². The van der Waals surface area contributed by atoms with Gasteiger partial charge in [0.15, 0.2) is 0 Å². The molecule has 0 heterocycles. The average molecular weight is 251 g/mol. The standard InChI is InChI=1S/C12H13NO5/c1-18-7-2-3-9(14)8(6-7)10(15)13-12(4-5-12)11(16)17/h2-3,6,14H,4-5H2,1H3,(H,13,15)(H,16,17). The van der Waals surface area contributed by atoms with Crippen LogP contribution in [-0.4, -0.2) is 34.7 Å². The lowest BCUT2D eigenvalue weighted by Crippen LogP contribution is -2.43. The Morgan fingerprint density at radius 2 is 2.06 bits per heavy atom. The first kappa shape index (κ1) is 12.2. The van der Waals surface area contributed by atoms with Crippen molar-refractivity contribution >= 4 is 11.9 Å². The molecule has 6 nitrogen and oxygen atoms in total. The fraction of sp³-hybridized carbons (Fsp3) is 0.333. The van der Waals surface area contributed by atoms with Crippen LogP contribution >= 0.6 is 0 Å². The maximum Gasteiger partial charge on any atom is 0.329 e. The Labute approximate surface area is 103 Å². The lowest BCUT2D eigenvalue weighted by Gasteiger charge is -2.13. The summed E-state index contributed by atoms with van der Waals surface area (Å²) in [6, 6.07) is 4.20. The molecule has 96 valence electrons. The van der Waals surface area contributed by atoms with E-state index in [0.29, 0.717) is 18.6 Å². The molecule has 0 aliphatic heterocycles. The van der Waals surface area contributed by atoms with E-state index < -0.39 is 17.4 Å². The molecule has 3 N–H and O–H groups in total. The first-order valence-electron chi connectivity index (χ1n) is 5.41. The molecule has 1 saturated carbocycles. The number of hydrogen-bond acceptors (Lipinski definition) is 4. The normalized spacial score (nSPS) is 15.8. The molecule has 1 fully saturated rings. The fourth-order valence-electron chi connectivity index (χ4n) is 1.63. The molecule has 0 saturated heterocycles. The number of carbonyl (C=O) groups is 2. The second kappa shape index (κ2) is 4.21. The van der Waals surface area contributed by atoms with Crippen LogP contribution in [0.15, 0.2) is 18.2 Å². The van der Waals surface area contributed by atoms with E-state index >= 15 is 0 Å². The summed E-state index contributed by atoms with van der Waals surface area (Å²) in [5.41, 5.74) is -1.17. The van der Waals surface area contributed by atoms with Gasteiger partial charge in [-0.1, -0.05) is 0 Å². The van der Waals surface area contributed by atoms with Gasteiger partial charge < -0.3 is 20.3 Å². The summed E-state index contributed by atoms with van der Waals surface area (Å²) >= 11 is 0. The highest BCUT2D eigenvalue weighted by atomic mass is 16.5. The molecule has 0 atom stereocenters. The molecule has 6 heteroatoms. The van der Waals surface area contributed by atoms with Gasteiger partial charge in [0, 0.05) is 0 Å². The van der Waals surface area contributed by atoms with E-state index in [0.717, 1.165) is 0 Å². The van der Waals surface area contributed by atoms with Crippen molar-refractivity contribution in [1.29, 1.82) is 0 Å². The number of aliphatic carboxylic acids is 1. The Morgan fingerprint density at radius 1 is 1.39 bits per heavy atom. The molecule has 0 radical (unpaired) electrons. The van der Waals surface area contributed by atoms with E-state index in [4.69, 9.17) is 9.84 Å². The van der Waals surface area contributed by atoms with Crippen molar-refractivity contribution in [2.45, 2.75) is 18.4 Å². The molecule has 1 aliphatic carbocycles. The number of carboxylic acids is 1.